The number of thioether (sulfide) groups is 1. The highest BCUT2D eigenvalue weighted by Crippen LogP contribution is 2.40. The average Bonchev–Trinajstić information content (AvgIpc) is 2.36. The highest BCUT2D eigenvalue weighted by Gasteiger charge is 2.32. The SMILES string of the molecule is CCOC(=O)c1cc(C#N)cc(SC(F)(F)F)c1CCl. The molecule has 0 aliphatic carbocycles. The maximum Gasteiger partial charge on any atom is 0.446 e. The smallest absolute Gasteiger partial charge is 0.446 e. The third kappa shape index (κ3) is 4.32. The molecule has 0 fully saturated rings. The Morgan fingerprint density at radius 2 is 2.15 bits per heavy atom. The zero-order valence-corrected chi connectivity index (χ0v) is 11.8. The van der Waals surface area contributed by atoms with E-state index < -0.39 is 23.2 Å². The van der Waals surface area contributed by atoms with Crippen LogP contribution in [0.5, 0.6) is 0 Å². The summed E-state index contributed by atoms with van der Waals surface area (Å²) in [5.74, 6) is -1.09. The van der Waals surface area contributed by atoms with Crippen molar-refractivity contribution >= 4 is 29.3 Å². The molecule has 1 aromatic carbocycles. The summed E-state index contributed by atoms with van der Waals surface area (Å²) in [6, 6.07) is 3.94. The number of rotatable bonds is 4. The Balaban J connectivity index is 3.39. The number of ether oxygens (including phenoxy) is 1. The molecule has 0 spiro atoms. The molecule has 20 heavy (non-hydrogen) atoms. The molecule has 0 aliphatic heterocycles. The van der Waals surface area contributed by atoms with Crippen molar-refractivity contribution in [3.8, 4) is 6.07 Å². The first-order valence-electron chi connectivity index (χ1n) is 5.38. The molecule has 8 heteroatoms. The van der Waals surface area contributed by atoms with E-state index >= 15 is 0 Å². The van der Waals surface area contributed by atoms with Gasteiger partial charge in [0.25, 0.3) is 0 Å². The molecule has 3 nitrogen and oxygen atoms in total. The number of nitriles is 1. The lowest BCUT2D eigenvalue weighted by molar-refractivity contribution is -0.0328. The van der Waals surface area contributed by atoms with Crippen LogP contribution in [-0.4, -0.2) is 18.1 Å². The summed E-state index contributed by atoms with van der Waals surface area (Å²) in [7, 11) is 0. The van der Waals surface area contributed by atoms with Crippen molar-refractivity contribution in [1.82, 2.24) is 0 Å². The standard InChI is InChI=1S/C12H9ClF3NO2S/c1-2-19-11(18)8-3-7(6-17)4-10(9(8)5-13)20-12(14,15)16/h3-4H,2,5H2,1H3. The Bertz CT molecular complexity index is 555. The number of carbonyl (C=O) groups excluding carboxylic acids is 1. The summed E-state index contributed by atoms with van der Waals surface area (Å²) >= 11 is 5.22. The van der Waals surface area contributed by atoms with Crippen LogP contribution in [0.3, 0.4) is 0 Å². The zero-order chi connectivity index (χ0) is 15.3. The summed E-state index contributed by atoms with van der Waals surface area (Å²) < 4.78 is 42.2. The van der Waals surface area contributed by atoms with E-state index in [0.29, 0.717) is 0 Å². The number of alkyl halides is 4. The molecule has 0 amide bonds. The third-order valence-corrected chi connectivity index (χ3v) is 3.28. The topological polar surface area (TPSA) is 50.1 Å². The maximum atomic E-state index is 12.5. The van der Waals surface area contributed by atoms with Gasteiger partial charge < -0.3 is 4.74 Å². The lowest BCUT2D eigenvalue weighted by atomic mass is 10.1. The molecular weight excluding hydrogens is 315 g/mol. The number of hydrogen-bond acceptors (Lipinski definition) is 4. The lowest BCUT2D eigenvalue weighted by Crippen LogP contribution is -2.10. The van der Waals surface area contributed by atoms with Crippen molar-refractivity contribution in [3.05, 3.63) is 28.8 Å². The fourth-order valence-electron chi connectivity index (χ4n) is 1.45. The minimum Gasteiger partial charge on any atom is -0.462 e. The number of benzene rings is 1. The number of halogens is 4. The molecule has 0 aromatic heterocycles. The summed E-state index contributed by atoms with van der Waals surface area (Å²) in [5, 5.41) is 8.83. The van der Waals surface area contributed by atoms with Gasteiger partial charge in [-0.2, -0.15) is 18.4 Å². The van der Waals surface area contributed by atoms with E-state index in [1.54, 1.807) is 13.0 Å². The van der Waals surface area contributed by atoms with Crippen LogP contribution >= 0.6 is 23.4 Å². The zero-order valence-electron chi connectivity index (χ0n) is 10.3. The highest BCUT2D eigenvalue weighted by atomic mass is 35.5. The van der Waals surface area contributed by atoms with Crippen LogP contribution in [0.1, 0.15) is 28.4 Å². The van der Waals surface area contributed by atoms with Crippen LogP contribution in [0.25, 0.3) is 0 Å². The van der Waals surface area contributed by atoms with E-state index in [0.717, 1.165) is 6.07 Å². The van der Waals surface area contributed by atoms with Gasteiger partial charge >= 0.3 is 11.5 Å². The van der Waals surface area contributed by atoms with Gasteiger partial charge in [0.2, 0.25) is 0 Å². The maximum absolute atomic E-state index is 12.5. The van der Waals surface area contributed by atoms with E-state index in [4.69, 9.17) is 21.6 Å². The van der Waals surface area contributed by atoms with Gasteiger partial charge in [-0.15, -0.1) is 11.6 Å². The molecule has 0 N–H and O–H groups in total. The normalized spacial score (nSPS) is 11.0. The van der Waals surface area contributed by atoms with E-state index in [1.165, 1.54) is 6.07 Å². The van der Waals surface area contributed by atoms with Crippen LogP contribution in [0, 0.1) is 11.3 Å². The Hall–Kier alpha value is -1.39. The predicted octanol–water partition coefficient (Wildman–Crippen LogP) is 4.09. The number of carbonyl (C=O) groups is 1. The molecule has 0 atom stereocenters. The minimum atomic E-state index is -4.54. The van der Waals surface area contributed by atoms with E-state index in [9.17, 15) is 18.0 Å². The molecule has 0 radical (unpaired) electrons. The molecule has 0 saturated heterocycles. The molecule has 1 aromatic rings. The molecule has 0 bridgehead atoms. The van der Waals surface area contributed by atoms with Crippen molar-refractivity contribution in [1.29, 1.82) is 5.26 Å². The van der Waals surface area contributed by atoms with Gasteiger partial charge in [-0.05, 0) is 36.4 Å². The Labute approximate surface area is 122 Å². The van der Waals surface area contributed by atoms with Crippen LogP contribution in [-0.2, 0) is 10.6 Å². The first-order chi connectivity index (χ1) is 9.32. The molecule has 108 valence electrons. The average molecular weight is 324 g/mol. The van der Waals surface area contributed by atoms with Gasteiger partial charge in [-0.1, -0.05) is 0 Å². The summed E-state index contributed by atoms with van der Waals surface area (Å²) in [6.07, 6.45) is 0. The second-order valence-corrected chi connectivity index (χ2v) is 4.89. The summed E-state index contributed by atoms with van der Waals surface area (Å²) in [5.41, 5.74) is -4.71. The first kappa shape index (κ1) is 16.7. The Morgan fingerprint density at radius 3 is 2.60 bits per heavy atom. The summed E-state index contributed by atoms with van der Waals surface area (Å²) in [4.78, 5) is 11.5. The van der Waals surface area contributed by atoms with Gasteiger partial charge in [0, 0.05) is 10.8 Å². The Morgan fingerprint density at radius 1 is 1.50 bits per heavy atom. The minimum absolute atomic E-state index is 0.00596. The van der Waals surface area contributed by atoms with Gasteiger partial charge in [0.15, 0.2) is 0 Å². The monoisotopic (exact) mass is 323 g/mol. The number of nitrogens with zero attached hydrogens (tertiary/aromatic N) is 1. The highest BCUT2D eigenvalue weighted by molar-refractivity contribution is 8.00. The fourth-order valence-corrected chi connectivity index (χ4v) is 2.56. The van der Waals surface area contributed by atoms with Crippen molar-refractivity contribution in [2.75, 3.05) is 6.61 Å². The van der Waals surface area contributed by atoms with Crippen LogP contribution < -0.4 is 0 Å². The summed E-state index contributed by atoms with van der Waals surface area (Å²) in [6.45, 7) is 1.64. The van der Waals surface area contributed by atoms with E-state index in [2.05, 4.69) is 0 Å². The second kappa shape index (κ2) is 6.86. The first-order valence-corrected chi connectivity index (χ1v) is 6.73. The number of esters is 1. The predicted molar refractivity (Wildman–Crippen MR) is 68.6 cm³/mol. The van der Waals surface area contributed by atoms with Crippen LogP contribution in [0.2, 0.25) is 0 Å². The largest absolute Gasteiger partial charge is 0.462 e. The quantitative estimate of drug-likeness (QED) is 0.476. The molecule has 0 unspecified atom stereocenters. The van der Waals surface area contributed by atoms with Crippen molar-refractivity contribution in [2.45, 2.75) is 23.2 Å². The molecular formula is C12H9ClF3NO2S. The molecule has 0 heterocycles. The molecule has 0 saturated carbocycles. The lowest BCUT2D eigenvalue weighted by Gasteiger charge is -2.13. The van der Waals surface area contributed by atoms with Crippen molar-refractivity contribution in [2.24, 2.45) is 0 Å². The third-order valence-electron chi connectivity index (χ3n) is 2.19. The fraction of sp³-hybridized carbons (Fsp3) is 0.333. The van der Waals surface area contributed by atoms with E-state index in [-0.39, 0.29) is 34.1 Å². The Kier molecular flexibility index (Phi) is 5.72. The number of hydrogen-bond donors (Lipinski definition) is 0. The van der Waals surface area contributed by atoms with Gasteiger partial charge in [0.1, 0.15) is 0 Å². The molecule has 0 aliphatic rings. The van der Waals surface area contributed by atoms with Crippen LogP contribution in [0.15, 0.2) is 17.0 Å². The van der Waals surface area contributed by atoms with Gasteiger partial charge in [0.05, 0.1) is 23.8 Å². The van der Waals surface area contributed by atoms with Gasteiger partial charge in [-0.3, -0.25) is 0 Å². The van der Waals surface area contributed by atoms with Crippen LogP contribution in [0.4, 0.5) is 13.2 Å². The molecule has 1 rings (SSSR count). The van der Waals surface area contributed by atoms with E-state index in [1.807, 2.05) is 0 Å². The van der Waals surface area contributed by atoms with Crippen molar-refractivity contribution < 1.29 is 22.7 Å². The van der Waals surface area contributed by atoms with Gasteiger partial charge in [-0.25, -0.2) is 4.79 Å². The van der Waals surface area contributed by atoms with Crippen molar-refractivity contribution in [3.63, 3.8) is 0 Å². The second-order valence-electron chi connectivity index (χ2n) is 3.51.